The van der Waals surface area contributed by atoms with Crippen molar-refractivity contribution in [2.24, 2.45) is 0 Å². The lowest BCUT2D eigenvalue weighted by Crippen LogP contribution is -2.28. The summed E-state index contributed by atoms with van der Waals surface area (Å²) in [6.07, 6.45) is 4.25. The molecule has 3 rings (SSSR count). The van der Waals surface area contributed by atoms with Crippen molar-refractivity contribution >= 4 is 52.1 Å². The fourth-order valence-corrected chi connectivity index (χ4v) is 2.81. The summed E-state index contributed by atoms with van der Waals surface area (Å²) in [4.78, 5) is 36.2. The van der Waals surface area contributed by atoms with E-state index in [0.717, 1.165) is 0 Å². The molecule has 0 atom stereocenters. The Bertz CT molecular complexity index is 1230. The molecule has 0 unspecified atom stereocenters. The van der Waals surface area contributed by atoms with Crippen LogP contribution in [0.5, 0.6) is 5.75 Å². The van der Waals surface area contributed by atoms with E-state index in [-0.39, 0.29) is 23.4 Å². The van der Waals surface area contributed by atoms with E-state index in [2.05, 4.69) is 11.9 Å². The number of nitrogens with one attached hydrogen (secondary N) is 1. The first-order valence-electron chi connectivity index (χ1n) is 8.69. The zero-order chi connectivity index (χ0) is 21.7. The smallest absolute Gasteiger partial charge is 0.349 e. The molecule has 0 fully saturated rings. The third-order valence-corrected chi connectivity index (χ3v) is 4.67. The number of fused-ring (bicyclic) bond motifs is 1. The number of esters is 1. The first-order chi connectivity index (χ1) is 14.4. The summed E-state index contributed by atoms with van der Waals surface area (Å²) in [5.74, 6) is -1.02. The van der Waals surface area contributed by atoms with Crippen LogP contribution in [-0.2, 0) is 4.79 Å². The molecule has 1 heterocycles. The van der Waals surface area contributed by atoms with E-state index in [1.165, 1.54) is 36.4 Å². The third-order valence-electron chi connectivity index (χ3n) is 3.93. The fraction of sp³-hybridized carbons (Fsp3) is 0.0455. The quantitative estimate of drug-likeness (QED) is 0.197. The highest BCUT2D eigenvalue weighted by molar-refractivity contribution is 6.42. The van der Waals surface area contributed by atoms with Gasteiger partial charge in [-0.25, -0.2) is 9.59 Å². The Morgan fingerprint density at radius 1 is 1.10 bits per heavy atom. The number of hydrogen-bond donors (Lipinski definition) is 1. The molecular weight excluding hydrogens is 429 g/mol. The van der Waals surface area contributed by atoms with E-state index in [0.29, 0.717) is 21.0 Å². The highest BCUT2D eigenvalue weighted by atomic mass is 35.5. The zero-order valence-electron chi connectivity index (χ0n) is 15.5. The maximum absolute atomic E-state index is 12.1. The van der Waals surface area contributed by atoms with Gasteiger partial charge in [0.1, 0.15) is 16.9 Å². The maximum atomic E-state index is 12.1. The summed E-state index contributed by atoms with van der Waals surface area (Å²) >= 11 is 11.8. The van der Waals surface area contributed by atoms with Crippen LogP contribution in [-0.4, -0.2) is 18.4 Å². The van der Waals surface area contributed by atoms with E-state index < -0.39 is 17.5 Å². The second-order valence-corrected chi connectivity index (χ2v) is 6.89. The molecule has 0 spiro atoms. The average Bonchev–Trinajstić information content (AvgIpc) is 2.72. The normalized spacial score (nSPS) is 10.9. The van der Waals surface area contributed by atoms with Crippen LogP contribution >= 0.6 is 23.2 Å². The summed E-state index contributed by atoms with van der Waals surface area (Å²) in [6, 6.07) is 10.8. The molecule has 0 radical (unpaired) electrons. The first-order valence-corrected chi connectivity index (χ1v) is 9.45. The SMILES string of the molecule is C=CCNC(=O)c1cc2ccc(OC(=O)/C=C/c3ccc(Cl)c(Cl)c3)cc2oc1=O. The van der Waals surface area contributed by atoms with Crippen LogP contribution in [0.4, 0.5) is 0 Å². The van der Waals surface area contributed by atoms with Gasteiger partial charge < -0.3 is 14.5 Å². The van der Waals surface area contributed by atoms with Crippen molar-refractivity contribution in [1.82, 2.24) is 5.32 Å². The Kier molecular flexibility index (Phi) is 6.72. The molecule has 0 saturated carbocycles. The molecule has 3 aromatic rings. The Hall–Kier alpha value is -3.35. The summed E-state index contributed by atoms with van der Waals surface area (Å²) < 4.78 is 10.4. The van der Waals surface area contributed by atoms with Gasteiger partial charge in [-0.05, 0) is 42.0 Å². The molecule has 152 valence electrons. The predicted octanol–water partition coefficient (Wildman–Crippen LogP) is 4.63. The van der Waals surface area contributed by atoms with E-state index >= 15 is 0 Å². The van der Waals surface area contributed by atoms with Crippen LogP contribution in [0.2, 0.25) is 10.0 Å². The summed E-state index contributed by atoms with van der Waals surface area (Å²) in [6.45, 7) is 3.72. The highest BCUT2D eigenvalue weighted by Crippen LogP contribution is 2.23. The Morgan fingerprint density at radius 3 is 2.63 bits per heavy atom. The molecule has 8 heteroatoms. The van der Waals surface area contributed by atoms with Crippen molar-refractivity contribution < 1.29 is 18.7 Å². The second kappa shape index (κ2) is 9.43. The molecule has 6 nitrogen and oxygen atoms in total. The molecule has 0 aliphatic rings. The van der Waals surface area contributed by atoms with Gasteiger partial charge in [0.25, 0.3) is 5.91 Å². The number of benzene rings is 2. The average molecular weight is 444 g/mol. The van der Waals surface area contributed by atoms with Crippen LogP contribution in [0, 0.1) is 0 Å². The molecule has 1 N–H and O–H groups in total. The number of hydrogen-bond acceptors (Lipinski definition) is 5. The molecular formula is C22H15Cl2NO5. The lowest BCUT2D eigenvalue weighted by atomic mass is 10.1. The lowest BCUT2D eigenvalue weighted by Gasteiger charge is -2.05. The van der Waals surface area contributed by atoms with Gasteiger partial charge in [0.2, 0.25) is 0 Å². The number of ether oxygens (including phenoxy) is 1. The van der Waals surface area contributed by atoms with E-state index in [1.807, 2.05) is 0 Å². The van der Waals surface area contributed by atoms with Gasteiger partial charge in [0, 0.05) is 24.1 Å². The van der Waals surface area contributed by atoms with Gasteiger partial charge in [-0.15, -0.1) is 6.58 Å². The fourth-order valence-electron chi connectivity index (χ4n) is 2.50. The lowest BCUT2D eigenvalue weighted by molar-refractivity contribution is -0.128. The molecule has 0 saturated heterocycles. The van der Waals surface area contributed by atoms with Gasteiger partial charge in [-0.1, -0.05) is 35.3 Å². The van der Waals surface area contributed by atoms with Gasteiger partial charge in [0.05, 0.1) is 10.0 Å². The molecule has 0 aliphatic carbocycles. The minimum atomic E-state index is -0.799. The molecule has 1 aromatic heterocycles. The van der Waals surface area contributed by atoms with E-state index in [9.17, 15) is 14.4 Å². The number of carbonyl (C=O) groups excluding carboxylic acids is 2. The second-order valence-electron chi connectivity index (χ2n) is 6.07. The standard InChI is InChI=1S/C22H15Cl2NO5/c1-2-9-25-21(27)16-11-14-5-6-15(12-19(14)30-22(16)28)29-20(26)8-4-13-3-7-17(23)18(24)10-13/h2-8,10-12H,1,9H2,(H,25,27)/b8-4+. The van der Waals surface area contributed by atoms with Gasteiger partial charge in [-0.3, -0.25) is 4.79 Å². The minimum absolute atomic E-state index is 0.126. The van der Waals surface area contributed by atoms with Crippen LogP contribution in [0.3, 0.4) is 0 Å². The van der Waals surface area contributed by atoms with Crippen LogP contribution in [0.25, 0.3) is 17.0 Å². The van der Waals surface area contributed by atoms with Crippen molar-refractivity contribution in [3.63, 3.8) is 0 Å². The molecule has 30 heavy (non-hydrogen) atoms. The van der Waals surface area contributed by atoms with Gasteiger partial charge >= 0.3 is 11.6 Å². The van der Waals surface area contributed by atoms with Gasteiger partial charge in [0.15, 0.2) is 0 Å². The summed E-state index contributed by atoms with van der Waals surface area (Å²) in [5.41, 5.74) is -0.0714. The van der Waals surface area contributed by atoms with E-state index in [1.54, 1.807) is 24.3 Å². The topological polar surface area (TPSA) is 85.6 Å². The number of halogens is 2. The monoisotopic (exact) mass is 443 g/mol. The van der Waals surface area contributed by atoms with Crippen LogP contribution < -0.4 is 15.7 Å². The van der Waals surface area contributed by atoms with Gasteiger partial charge in [-0.2, -0.15) is 0 Å². The third kappa shape index (κ3) is 5.17. The number of rotatable bonds is 6. The molecule has 1 amide bonds. The molecule has 2 aromatic carbocycles. The zero-order valence-corrected chi connectivity index (χ0v) is 17.0. The Balaban J connectivity index is 1.76. The molecule has 0 bridgehead atoms. The summed E-state index contributed by atoms with van der Waals surface area (Å²) in [7, 11) is 0. The minimum Gasteiger partial charge on any atom is -0.423 e. The van der Waals surface area contributed by atoms with Crippen molar-refractivity contribution in [2.75, 3.05) is 6.54 Å². The summed E-state index contributed by atoms with van der Waals surface area (Å²) in [5, 5.41) is 3.80. The van der Waals surface area contributed by atoms with Crippen LogP contribution in [0.15, 0.2) is 70.4 Å². The van der Waals surface area contributed by atoms with Crippen molar-refractivity contribution in [3.8, 4) is 5.75 Å². The van der Waals surface area contributed by atoms with Crippen LogP contribution in [0.1, 0.15) is 15.9 Å². The largest absolute Gasteiger partial charge is 0.423 e. The van der Waals surface area contributed by atoms with E-state index in [4.69, 9.17) is 32.4 Å². The number of carbonyl (C=O) groups is 2. The Morgan fingerprint density at radius 2 is 1.90 bits per heavy atom. The predicted molar refractivity (Wildman–Crippen MR) is 116 cm³/mol. The van der Waals surface area contributed by atoms with Crippen molar-refractivity contribution in [1.29, 1.82) is 0 Å². The first kappa shape index (κ1) is 21.4. The maximum Gasteiger partial charge on any atom is 0.349 e. The van der Waals surface area contributed by atoms with Crippen molar-refractivity contribution in [3.05, 3.63) is 92.8 Å². The molecule has 0 aliphatic heterocycles. The Labute approximate surface area is 181 Å². The highest BCUT2D eigenvalue weighted by Gasteiger charge is 2.14. The number of amides is 1. The van der Waals surface area contributed by atoms with Crippen molar-refractivity contribution in [2.45, 2.75) is 0 Å².